The normalized spacial score (nSPS) is 22.3. The van der Waals surface area contributed by atoms with Gasteiger partial charge in [0.15, 0.2) is 0 Å². The van der Waals surface area contributed by atoms with Crippen LogP contribution in [0.1, 0.15) is 27.2 Å². The van der Waals surface area contributed by atoms with Gasteiger partial charge in [0.2, 0.25) is 0 Å². The molecular formula is C13H20ClN3O. The van der Waals surface area contributed by atoms with Gasteiger partial charge in [-0.1, -0.05) is 32.4 Å². The minimum absolute atomic E-state index is 0.209. The summed E-state index contributed by atoms with van der Waals surface area (Å²) in [6.45, 7) is 7.78. The van der Waals surface area contributed by atoms with Crippen molar-refractivity contribution in [2.24, 2.45) is 17.8 Å². The van der Waals surface area contributed by atoms with E-state index in [0.29, 0.717) is 24.1 Å². The maximum atomic E-state index is 12.0. The molecule has 1 saturated carbocycles. The van der Waals surface area contributed by atoms with E-state index in [1.807, 2.05) is 13.8 Å². The highest BCUT2D eigenvalue weighted by molar-refractivity contribution is 6.32. The fourth-order valence-corrected chi connectivity index (χ4v) is 2.20. The third-order valence-electron chi connectivity index (χ3n) is 3.35. The monoisotopic (exact) mass is 269 g/mol. The summed E-state index contributed by atoms with van der Waals surface area (Å²) in [6, 6.07) is 0. The van der Waals surface area contributed by atoms with Gasteiger partial charge in [-0.3, -0.25) is 4.79 Å². The number of aromatic nitrogens is 2. The molecule has 1 aliphatic carbocycles. The average Bonchev–Trinajstić information content (AvgIpc) is 3.00. The van der Waals surface area contributed by atoms with Crippen LogP contribution in [0.4, 0.5) is 5.69 Å². The van der Waals surface area contributed by atoms with Gasteiger partial charge in [-0.2, -0.15) is 5.10 Å². The second-order valence-electron chi connectivity index (χ2n) is 5.61. The van der Waals surface area contributed by atoms with Crippen LogP contribution in [-0.2, 0) is 6.54 Å². The molecule has 0 amide bonds. The number of halogens is 1. The van der Waals surface area contributed by atoms with Crippen LogP contribution in [0.2, 0.25) is 5.02 Å². The lowest BCUT2D eigenvalue weighted by molar-refractivity contribution is 0.464. The molecule has 1 heterocycles. The van der Waals surface area contributed by atoms with Crippen LogP contribution in [0.15, 0.2) is 11.0 Å². The van der Waals surface area contributed by atoms with Crippen molar-refractivity contribution in [3.8, 4) is 0 Å². The van der Waals surface area contributed by atoms with Crippen LogP contribution in [0.25, 0.3) is 0 Å². The van der Waals surface area contributed by atoms with Crippen molar-refractivity contribution in [3.63, 3.8) is 0 Å². The van der Waals surface area contributed by atoms with Crippen molar-refractivity contribution in [1.29, 1.82) is 0 Å². The third kappa shape index (κ3) is 3.05. The van der Waals surface area contributed by atoms with Gasteiger partial charge in [-0.05, 0) is 24.2 Å². The molecule has 0 aromatic carbocycles. The average molecular weight is 270 g/mol. The molecule has 1 aromatic heterocycles. The van der Waals surface area contributed by atoms with Crippen molar-refractivity contribution < 1.29 is 0 Å². The lowest BCUT2D eigenvalue weighted by Crippen LogP contribution is -2.26. The Kier molecular flexibility index (Phi) is 3.95. The van der Waals surface area contributed by atoms with Crippen molar-refractivity contribution >= 4 is 17.3 Å². The Morgan fingerprint density at radius 1 is 1.61 bits per heavy atom. The Balaban J connectivity index is 2.08. The number of nitrogens with zero attached hydrogens (tertiary/aromatic N) is 2. The van der Waals surface area contributed by atoms with Crippen LogP contribution in [-0.4, -0.2) is 16.3 Å². The molecule has 0 spiro atoms. The fraction of sp³-hybridized carbons (Fsp3) is 0.692. The molecule has 2 unspecified atom stereocenters. The summed E-state index contributed by atoms with van der Waals surface area (Å²) in [7, 11) is 0. The van der Waals surface area contributed by atoms with E-state index in [9.17, 15) is 4.79 Å². The zero-order valence-electron chi connectivity index (χ0n) is 11.1. The zero-order chi connectivity index (χ0) is 13.3. The number of nitrogens with one attached hydrogen (secondary N) is 1. The molecule has 18 heavy (non-hydrogen) atoms. The number of anilines is 1. The van der Waals surface area contributed by atoms with Gasteiger partial charge in [-0.15, -0.1) is 0 Å². The summed E-state index contributed by atoms with van der Waals surface area (Å²) in [5, 5.41) is 7.62. The lowest BCUT2D eigenvalue weighted by Gasteiger charge is -2.11. The molecule has 0 bridgehead atoms. The molecule has 4 nitrogen and oxygen atoms in total. The van der Waals surface area contributed by atoms with Crippen molar-refractivity contribution in [3.05, 3.63) is 21.6 Å². The summed E-state index contributed by atoms with van der Waals surface area (Å²) >= 11 is 6.09. The predicted molar refractivity (Wildman–Crippen MR) is 74.1 cm³/mol. The molecule has 0 saturated heterocycles. The first-order valence-electron chi connectivity index (χ1n) is 6.48. The summed E-state index contributed by atoms with van der Waals surface area (Å²) in [4.78, 5) is 12.0. The minimum Gasteiger partial charge on any atom is -0.382 e. The maximum absolute atomic E-state index is 12.0. The number of hydrogen-bond acceptors (Lipinski definition) is 3. The topological polar surface area (TPSA) is 46.9 Å². The molecule has 100 valence electrons. The van der Waals surface area contributed by atoms with Crippen LogP contribution >= 0.6 is 11.6 Å². The lowest BCUT2D eigenvalue weighted by atomic mass is 10.2. The Morgan fingerprint density at radius 2 is 2.28 bits per heavy atom. The highest BCUT2D eigenvalue weighted by atomic mass is 35.5. The fourth-order valence-electron chi connectivity index (χ4n) is 1.99. The summed E-state index contributed by atoms with van der Waals surface area (Å²) in [6.07, 6.45) is 2.90. The Morgan fingerprint density at radius 3 is 2.83 bits per heavy atom. The van der Waals surface area contributed by atoms with E-state index in [4.69, 9.17) is 11.6 Å². The highest BCUT2D eigenvalue weighted by Gasteiger charge is 2.32. The number of rotatable bonds is 5. The number of hydrogen-bond donors (Lipinski definition) is 1. The molecule has 5 heteroatoms. The zero-order valence-corrected chi connectivity index (χ0v) is 11.9. The molecule has 0 radical (unpaired) electrons. The van der Waals surface area contributed by atoms with Gasteiger partial charge < -0.3 is 5.32 Å². The first kappa shape index (κ1) is 13.4. The molecule has 2 atom stereocenters. The molecule has 1 N–H and O–H groups in total. The van der Waals surface area contributed by atoms with Gasteiger partial charge in [0.1, 0.15) is 5.02 Å². The van der Waals surface area contributed by atoms with Crippen molar-refractivity contribution in [2.75, 3.05) is 11.9 Å². The first-order valence-corrected chi connectivity index (χ1v) is 6.86. The van der Waals surface area contributed by atoms with E-state index in [-0.39, 0.29) is 10.6 Å². The van der Waals surface area contributed by atoms with Crippen molar-refractivity contribution in [2.45, 2.75) is 33.7 Å². The van der Waals surface area contributed by atoms with E-state index < -0.39 is 0 Å². The summed E-state index contributed by atoms with van der Waals surface area (Å²) in [5.74, 6) is 1.86. The minimum atomic E-state index is -0.209. The van der Waals surface area contributed by atoms with E-state index >= 15 is 0 Å². The summed E-state index contributed by atoms with van der Waals surface area (Å²) < 4.78 is 1.43. The second-order valence-corrected chi connectivity index (χ2v) is 5.99. The highest BCUT2D eigenvalue weighted by Crippen LogP contribution is 2.37. The van der Waals surface area contributed by atoms with E-state index in [1.54, 1.807) is 6.20 Å². The van der Waals surface area contributed by atoms with Crippen molar-refractivity contribution in [1.82, 2.24) is 9.78 Å². The Labute approximate surface area is 112 Å². The Hall–Kier alpha value is -1.03. The van der Waals surface area contributed by atoms with Crippen LogP contribution in [0.5, 0.6) is 0 Å². The van der Waals surface area contributed by atoms with Gasteiger partial charge in [0, 0.05) is 13.1 Å². The first-order chi connectivity index (χ1) is 8.49. The second kappa shape index (κ2) is 5.31. The standard InChI is InChI=1S/C13H20ClN3O/c1-8(2)7-17-13(18)12(14)11(6-16-17)15-5-10-4-9(10)3/h6,8-10,15H,4-5,7H2,1-3H3. The van der Waals surface area contributed by atoms with E-state index in [2.05, 4.69) is 17.3 Å². The van der Waals surface area contributed by atoms with Gasteiger partial charge >= 0.3 is 0 Å². The molecular weight excluding hydrogens is 250 g/mol. The molecule has 1 aromatic rings. The molecule has 0 aliphatic heterocycles. The quantitative estimate of drug-likeness (QED) is 0.894. The van der Waals surface area contributed by atoms with Gasteiger partial charge in [0.05, 0.1) is 11.9 Å². The van der Waals surface area contributed by atoms with Crippen LogP contribution < -0.4 is 10.9 Å². The van der Waals surface area contributed by atoms with E-state index in [1.165, 1.54) is 11.1 Å². The SMILES string of the molecule is CC(C)Cn1ncc(NCC2CC2C)c(Cl)c1=O. The van der Waals surface area contributed by atoms with E-state index in [0.717, 1.165) is 12.5 Å². The largest absolute Gasteiger partial charge is 0.382 e. The molecule has 2 rings (SSSR count). The maximum Gasteiger partial charge on any atom is 0.287 e. The Bertz CT molecular complexity index is 484. The predicted octanol–water partition coefficient (Wildman–Crippen LogP) is 2.62. The third-order valence-corrected chi connectivity index (χ3v) is 3.72. The smallest absolute Gasteiger partial charge is 0.287 e. The summed E-state index contributed by atoms with van der Waals surface area (Å²) in [5.41, 5.74) is 0.444. The van der Waals surface area contributed by atoms with Crippen LogP contribution in [0, 0.1) is 17.8 Å². The van der Waals surface area contributed by atoms with Gasteiger partial charge in [0.25, 0.3) is 5.56 Å². The van der Waals surface area contributed by atoms with Crippen LogP contribution in [0.3, 0.4) is 0 Å². The van der Waals surface area contributed by atoms with Gasteiger partial charge in [-0.25, -0.2) is 4.68 Å². The molecule has 1 fully saturated rings. The molecule has 1 aliphatic rings.